The number of carbonyl (C=O) groups is 1. The summed E-state index contributed by atoms with van der Waals surface area (Å²) in [5.41, 5.74) is 0.977. The molecule has 1 atom stereocenters. The zero-order valence-electron chi connectivity index (χ0n) is 15.4. The van der Waals surface area contributed by atoms with Crippen LogP contribution >= 0.6 is 0 Å². The lowest BCUT2D eigenvalue weighted by atomic mass is 10.2. The van der Waals surface area contributed by atoms with E-state index >= 15 is 0 Å². The van der Waals surface area contributed by atoms with Gasteiger partial charge in [0, 0.05) is 37.8 Å². The molecule has 2 heterocycles. The second kappa shape index (κ2) is 7.54. The van der Waals surface area contributed by atoms with E-state index in [1.165, 1.54) is 12.1 Å². The molecule has 1 aliphatic heterocycles. The van der Waals surface area contributed by atoms with Crippen LogP contribution in [0.2, 0.25) is 0 Å². The molecule has 0 bridgehead atoms. The average molecular weight is 373 g/mol. The Bertz CT molecular complexity index is 790. The van der Waals surface area contributed by atoms with Crippen LogP contribution in [0.1, 0.15) is 49.9 Å². The van der Waals surface area contributed by atoms with Crippen molar-refractivity contribution in [1.29, 1.82) is 0 Å². The molecule has 4 rings (SSSR count). The number of hydrogen-bond donors (Lipinski definition) is 1. The van der Waals surface area contributed by atoms with Crippen LogP contribution in [-0.4, -0.2) is 47.3 Å². The lowest BCUT2D eigenvalue weighted by Gasteiger charge is -2.24. The molecule has 27 heavy (non-hydrogen) atoms. The van der Waals surface area contributed by atoms with Gasteiger partial charge in [0.2, 0.25) is 5.89 Å². The van der Waals surface area contributed by atoms with Gasteiger partial charge in [0.05, 0.1) is 0 Å². The molecule has 1 saturated carbocycles. The largest absolute Gasteiger partial charge is 0.370 e. The van der Waals surface area contributed by atoms with E-state index in [9.17, 15) is 9.18 Å². The third kappa shape index (κ3) is 4.20. The molecule has 7 nitrogen and oxygen atoms in total. The van der Waals surface area contributed by atoms with Gasteiger partial charge in [-0.1, -0.05) is 5.16 Å². The second-order valence-electron chi connectivity index (χ2n) is 7.24. The summed E-state index contributed by atoms with van der Waals surface area (Å²) in [6, 6.07) is 6.03. The number of carbonyl (C=O) groups excluding carboxylic acids is 1. The van der Waals surface area contributed by atoms with Crippen molar-refractivity contribution in [2.75, 3.05) is 31.1 Å². The molecular weight excluding hydrogens is 349 g/mol. The lowest BCUT2D eigenvalue weighted by Crippen LogP contribution is -2.43. The standard InChI is InChI=1S/C19H24FN5O2/c1-13(18-22-17(23-27-18)14-3-4-14)21-19(26)25-10-2-9-24(11-12-25)16-7-5-15(20)6-8-16/h5-8,13-14H,2-4,9-12H2,1H3,(H,21,26)/t13-/m0/s1. The van der Waals surface area contributed by atoms with E-state index in [1.807, 2.05) is 6.92 Å². The molecule has 2 aliphatic rings. The Hall–Kier alpha value is -2.64. The Labute approximate surface area is 157 Å². The van der Waals surface area contributed by atoms with Crippen molar-refractivity contribution in [3.63, 3.8) is 0 Å². The van der Waals surface area contributed by atoms with Crippen molar-refractivity contribution in [2.45, 2.75) is 38.1 Å². The molecule has 0 unspecified atom stereocenters. The quantitative estimate of drug-likeness (QED) is 0.892. The smallest absolute Gasteiger partial charge is 0.318 e. The van der Waals surface area contributed by atoms with Gasteiger partial charge >= 0.3 is 6.03 Å². The molecule has 1 aliphatic carbocycles. The molecule has 1 N–H and O–H groups in total. The number of anilines is 1. The Kier molecular flexibility index (Phi) is 4.96. The summed E-state index contributed by atoms with van der Waals surface area (Å²) < 4.78 is 18.4. The SMILES string of the molecule is C[C@H](NC(=O)N1CCCN(c2ccc(F)cc2)CC1)c1nc(C2CC2)no1. The Balaban J connectivity index is 1.32. The maximum atomic E-state index is 13.1. The highest BCUT2D eigenvalue weighted by molar-refractivity contribution is 5.74. The van der Waals surface area contributed by atoms with Crippen molar-refractivity contribution < 1.29 is 13.7 Å². The van der Waals surface area contributed by atoms with Crippen molar-refractivity contribution in [3.05, 3.63) is 41.8 Å². The molecule has 2 aromatic rings. The van der Waals surface area contributed by atoms with E-state index in [0.717, 1.165) is 37.3 Å². The minimum atomic E-state index is -0.325. The first-order valence-corrected chi connectivity index (χ1v) is 9.49. The summed E-state index contributed by atoms with van der Waals surface area (Å²) in [5.74, 6) is 1.38. The zero-order chi connectivity index (χ0) is 18.8. The van der Waals surface area contributed by atoms with Gasteiger partial charge in [-0.15, -0.1) is 0 Å². The van der Waals surface area contributed by atoms with E-state index in [1.54, 1.807) is 17.0 Å². The normalized spacial score (nSPS) is 18.9. The number of amides is 2. The van der Waals surface area contributed by atoms with Gasteiger partial charge in [-0.2, -0.15) is 4.98 Å². The fourth-order valence-corrected chi connectivity index (χ4v) is 3.30. The summed E-state index contributed by atoms with van der Waals surface area (Å²) in [7, 11) is 0. The van der Waals surface area contributed by atoms with Gasteiger partial charge in [-0.25, -0.2) is 9.18 Å². The van der Waals surface area contributed by atoms with Gasteiger partial charge in [0.15, 0.2) is 5.82 Å². The Morgan fingerprint density at radius 1 is 1.22 bits per heavy atom. The summed E-state index contributed by atoms with van der Waals surface area (Å²) >= 11 is 0. The number of urea groups is 1. The topological polar surface area (TPSA) is 74.5 Å². The van der Waals surface area contributed by atoms with Crippen molar-refractivity contribution in [1.82, 2.24) is 20.4 Å². The third-order valence-electron chi connectivity index (χ3n) is 5.09. The predicted octanol–water partition coefficient (Wildman–Crippen LogP) is 3.07. The first-order valence-electron chi connectivity index (χ1n) is 9.49. The van der Waals surface area contributed by atoms with Crippen molar-refractivity contribution >= 4 is 11.7 Å². The minimum absolute atomic E-state index is 0.130. The Morgan fingerprint density at radius 2 is 2.00 bits per heavy atom. The van der Waals surface area contributed by atoms with E-state index in [2.05, 4.69) is 20.4 Å². The van der Waals surface area contributed by atoms with Crippen molar-refractivity contribution in [2.24, 2.45) is 0 Å². The van der Waals surface area contributed by atoms with Crippen LogP contribution in [0.3, 0.4) is 0 Å². The lowest BCUT2D eigenvalue weighted by molar-refractivity contribution is 0.195. The van der Waals surface area contributed by atoms with Gasteiger partial charge < -0.3 is 19.6 Å². The maximum Gasteiger partial charge on any atom is 0.318 e. The molecule has 2 amide bonds. The molecule has 1 aromatic heterocycles. The third-order valence-corrected chi connectivity index (χ3v) is 5.09. The highest BCUT2D eigenvalue weighted by Crippen LogP contribution is 2.38. The molecule has 0 spiro atoms. The summed E-state index contributed by atoms with van der Waals surface area (Å²) in [6.45, 7) is 4.67. The molecule has 144 valence electrons. The monoisotopic (exact) mass is 373 g/mol. The van der Waals surface area contributed by atoms with Crippen LogP contribution in [0, 0.1) is 5.82 Å². The number of halogens is 1. The Morgan fingerprint density at radius 3 is 2.74 bits per heavy atom. The first kappa shape index (κ1) is 17.8. The van der Waals surface area contributed by atoms with Crippen LogP contribution in [0.5, 0.6) is 0 Å². The fourth-order valence-electron chi connectivity index (χ4n) is 3.30. The fraction of sp³-hybridized carbons (Fsp3) is 0.526. The minimum Gasteiger partial charge on any atom is -0.370 e. The number of nitrogens with one attached hydrogen (secondary N) is 1. The highest BCUT2D eigenvalue weighted by atomic mass is 19.1. The zero-order valence-corrected chi connectivity index (χ0v) is 15.4. The van der Waals surface area contributed by atoms with Crippen LogP contribution < -0.4 is 10.2 Å². The van der Waals surface area contributed by atoms with Crippen molar-refractivity contribution in [3.8, 4) is 0 Å². The molecule has 8 heteroatoms. The van der Waals surface area contributed by atoms with Gasteiger partial charge in [-0.3, -0.25) is 0 Å². The molecule has 2 fully saturated rings. The summed E-state index contributed by atoms with van der Waals surface area (Å²) in [6.07, 6.45) is 3.07. The van der Waals surface area contributed by atoms with E-state index < -0.39 is 0 Å². The summed E-state index contributed by atoms with van der Waals surface area (Å²) in [5, 5.41) is 6.95. The molecule has 0 radical (unpaired) electrons. The van der Waals surface area contributed by atoms with E-state index in [-0.39, 0.29) is 17.9 Å². The number of rotatable bonds is 4. The first-order chi connectivity index (χ1) is 13.1. The maximum absolute atomic E-state index is 13.1. The number of benzene rings is 1. The number of aromatic nitrogens is 2. The van der Waals surface area contributed by atoms with Gasteiger partial charge in [0.1, 0.15) is 11.9 Å². The van der Waals surface area contributed by atoms with E-state index in [4.69, 9.17) is 4.52 Å². The predicted molar refractivity (Wildman–Crippen MR) is 98.0 cm³/mol. The van der Waals surface area contributed by atoms with Gasteiger partial charge in [-0.05, 0) is 50.5 Å². The molecular formula is C19H24FN5O2. The van der Waals surface area contributed by atoms with Crippen LogP contribution in [0.25, 0.3) is 0 Å². The number of nitrogens with zero attached hydrogens (tertiary/aromatic N) is 4. The van der Waals surface area contributed by atoms with E-state index in [0.29, 0.717) is 31.4 Å². The molecule has 1 saturated heterocycles. The average Bonchev–Trinajstić information content (AvgIpc) is 3.44. The number of hydrogen-bond acceptors (Lipinski definition) is 5. The summed E-state index contributed by atoms with van der Waals surface area (Å²) in [4.78, 5) is 21.0. The second-order valence-corrected chi connectivity index (χ2v) is 7.24. The molecule has 1 aromatic carbocycles. The van der Waals surface area contributed by atoms with Crippen LogP contribution in [0.15, 0.2) is 28.8 Å². The highest BCUT2D eigenvalue weighted by Gasteiger charge is 2.30. The van der Waals surface area contributed by atoms with Crippen LogP contribution in [0.4, 0.5) is 14.9 Å². The van der Waals surface area contributed by atoms with Crippen LogP contribution in [-0.2, 0) is 0 Å². The van der Waals surface area contributed by atoms with Gasteiger partial charge in [0.25, 0.3) is 0 Å².